The SMILES string of the molecule is CNC(=O)c1cc(C(=O)Nc2ccc(Oc3ccc(NC)cc3)cc2)c(C(=O)O)cc1C(=O)O. The number of carboxylic acids is 2. The van der Waals surface area contributed by atoms with Crippen molar-refractivity contribution in [3.05, 3.63) is 82.9 Å². The molecule has 2 amide bonds. The van der Waals surface area contributed by atoms with Gasteiger partial charge in [0.15, 0.2) is 0 Å². The average molecular weight is 463 g/mol. The monoisotopic (exact) mass is 463 g/mol. The number of hydrogen-bond donors (Lipinski definition) is 5. The number of rotatable bonds is 8. The predicted octanol–water partition coefficient (Wildman–Crippen LogP) is 3.53. The van der Waals surface area contributed by atoms with E-state index in [9.17, 15) is 29.4 Å². The Labute approximate surface area is 194 Å². The van der Waals surface area contributed by atoms with Crippen LogP contribution in [0.2, 0.25) is 0 Å². The zero-order valence-electron chi connectivity index (χ0n) is 18.2. The molecule has 10 heteroatoms. The van der Waals surface area contributed by atoms with Crippen molar-refractivity contribution in [1.82, 2.24) is 5.32 Å². The van der Waals surface area contributed by atoms with Gasteiger partial charge in [0, 0.05) is 25.5 Å². The van der Waals surface area contributed by atoms with Crippen LogP contribution < -0.4 is 20.7 Å². The van der Waals surface area contributed by atoms with Gasteiger partial charge < -0.3 is 30.9 Å². The summed E-state index contributed by atoms with van der Waals surface area (Å²) in [6.07, 6.45) is 0. The van der Waals surface area contributed by atoms with Crippen molar-refractivity contribution in [3.63, 3.8) is 0 Å². The second-order valence-corrected chi connectivity index (χ2v) is 6.99. The molecule has 0 aliphatic carbocycles. The molecule has 5 N–H and O–H groups in total. The van der Waals surface area contributed by atoms with Gasteiger partial charge in [0.05, 0.1) is 22.3 Å². The lowest BCUT2D eigenvalue weighted by molar-refractivity contribution is 0.0689. The number of nitrogens with one attached hydrogen (secondary N) is 3. The maximum atomic E-state index is 12.8. The number of carbonyl (C=O) groups is 4. The molecule has 3 aromatic carbocycles. The minimum Gasteiger partial charge on any atom is -0.478 e. The molecule has 0 aliphatic heterocycles. The number of ether oxygens (including phenoxy) is 1. The van der Waals surface area contributed by atoms with Crippen LogP contribution in [0, 0.1) is 0 Å². The summed E-state index contributed by atoms with van der Waals surface area (Å²) in [4.78, 5) is 48.1. The van der Waals surface area contributed by atoms with Crippen LogP contribution >= 0.6 is 0 Å². The van der Waals surface area contributed by atoms with Crippen LogP contribution in [0.5, 0.6) is 11.5 Å². The lowest BCUT2D eigenvalue weighted by atomic mass is 9.97. The zero-order valence-corrected chi connectivity index (χ0v) is 18.2. The van der Waals surface area contributed by atoms with Gasteiger partial charge in [-0.15, -0.1) is 0 Å². The minimum atomic E-state index is -1.51. The third-order valence-electron chi connectivity index (χ3n) is 4.83. The predicted molar refractivity (Wildman–Crippen MR) is 124 cm³/mol. The van der Waals surface area contributed by atoms with Crippen LogP contribution in [0.15, 0.2) is 60.7 Å². The van der Waals surface area contributed by atoms with Crippen molar-refractivity contribution in [2.45, 2.75) is 0 Å². The third kappa shape index (κ3) is 5.30. The maximum Gasteiger partial charge on any atom is 0.336 e. The molecule has 34 heavy (non-hydrogen) atoms. The fraction of sp³-hybridized carbons (Fsp3) is 0.0833. The Morgan fingerprint density at radius 1 is 0.647 bits per heavy atom. The number of amides is 2. The molecule has 0 bridgehead atoms. The first-order valence-corrected chi connectivity index (χ1v) is 9.97. The van der Waals surface area contributed by atoms with Gasteiger partial charge in [-0.2, -0.15) is 0 Å². The number of hydrogen-bond acceptors (Lipinski definition) is 6. The van der Waals surface area contributed by atoms with E-state index in [1.165, 1.54) is 7.05 Å². The fourth-order valence-electron chi connectivity index (χ4n) is 3.09. The Hall–Kier alpha value is -4.86. The molecular formula is C24H21N3O7. The molecule has 0 aliphatic rings. The first-order chi connectivity index (χ1) is 16.2. The van der Waals surface area contributed by atoms with Gasteiger partial charge in [0.2, 0.25) is 0 Å². The van der Waals surface area contributed by atoms with Gasteiger partial charge in [-0.1, -0.05) is 0 Å². The Morgan fingerprint density at radius 3 is 1.53 bits per heavy atom. The van der Waals surface area contributed by atoms with E-state index in [2.05, 4.69) is 16.0 Å². The van der Waals surface area contributed by atoms with Crippen molar-refractivity contribution in [1.29, 1.82) is 0 Å². The highest BCUT2D eigenvalue weighted by atomic mass is 16.5. The molecule has 0 radical (unpaired) electrons. The van der Waals surface area contributed by atoms with Crippen molar-refractivity contribution in [3.8, 4) is 11.5 Å². The van der Waals surface area contributed by atoms with Crippen LogP contribution in [0.1, 0.15) is 41.4 Å². The van der Waals surface area contributed by atoms with Crippen molar-refractivity contribution in [2.24, 2.45) is 0 Å². The fourth-order valence-corrected chi connectivity index (χ4v) is 3.09. The number of anilines is 2. The molecule has 0 heterocycles. The van der Waals surface area contributed by atoms with E-state index < -0.39 is 34.9 Å². The normalized spacial score (nSPS) is 10.2. The summed E-state index contributed by atoms with van der Waals surface area (Å²) in [5, 5.41) is 26.7. The Kier molecular flexibility index (Phi) is 7.12. The van der Waals surface area contributed by atoms with Crippen molar-refractivity contribution >= 4 is 35.1 Å². The van der Waals surface area contributed by atoms with Crippen LogP contribution in [0.4, 0.5) is 11.4 Å². The van der Waals surface area contributed by atoms with Crippen LogP contribution in [-0.4, -0.2) is 48.1 Å². The van der Waals surface area contributed by atoms with Crippen molar-refractivity contribution < 1.29 is 34.1 Å². The van der Waals surface area contributed by atoms with Gasteiger partial charge in [-0.05, 0) is 60.7 Å². The smallest absolute Gasteiger partial charge is 0.336 e. The Morgan fingerprint density at radius 2 is 1.09 bits per heavy atom. The van der Waals surface area contributed by atoms with Gasteiger partial charge in [0.1, 0.15) is 11.5 Å². The van der Waals surface area contributed by atoms with E-state index in [0.717, 1.165) is 17.8 Å². The van der Waals surface area contributed by atoms with E-state index in [4.69, 9.17) is 4.74 Å². The Bertz CT molecular complexity index is 1250. The van der Waals surface area contributed by atoms with E-state index >= 15 is 0 Å². The highest BCUT2D eigenvalue weighted by Crippen LogP contribution is 2.25. The molecule has 174 valence electrons. The second kappa shape index (κ2) is 10.2. The second-order valence-electron chi connectivity index (χ2n) is 6.99. The molecule has 3 rings (SSSR count). The topological polar surface area (TPSA) is 154 Å². The van der Waals surface area contributed by atoms with Crippen LogP contribution in [0.3, 0.4) is 0 Å². The molecule has 0 atom stereocenters. The van der Waals surface area contributed by atoms with Gasteiger partial charge in [0.25, 0.3) is 11.8 Å². The number of benzene rings is 3. The molecule has 0 fully saturated rings. The third-order valence-corrected chi connectivity index (χ3v) is 4.83. The molecule has 3 aromatic rings. The number of aromatic carboxylic acids is 2. The highest BCUT2D eigenvalue weighted by Gasteiger charge is 2.25. The summed E-state index contributed by atoms with van der Waals surface area (Å²) < 4.78 is 5.74. The first-order valence-electron chi connectivity index (χ1n) is 9.97. The van der Waals surface area contributed by atoms with Gasteiger partial charge in [-0.3, -0.25) is 9.59 Å². The van der Waals surface area contributed by atoms with E-state index in [0.29, 0.717) is 17.2 Å². The lowest BCUT2D eigenvalue weighted by Gasteiger charge is -2.13. The summed E-state index contributed by atoms with van der Waals surface area (Å²) in [5.74, 6) is -3.48. The molecule has 0 saturated carbocycles. The first kappa shape index (κ1) is 23.8. The van der Waals surface area contributed by atoms with E-state index in [-0.39, 0.29) is 11.1 Å². The summed E-state index contributed by atoms with van der Waals surface area (Å²) in [7, 11) is 3.10. The van der Waals surface area contributed by atoms with E-state index in [1.54, 1.807) is 36.4 Å². The summed E-state index contributed by atoms with van der Waals surface area (Å²) in [6.45, 7) is 0. The number of carbonyl (C=O) groups excluding carboxylic acids is 2. The molecule has 0 unspecified atom stereocenters. The van der Waals surface area contributed by atoms with Crippen molar-refractivity contribution in [2.75, 3.05) is 24.7 Å². The highest BCUT2D eigenvalue weighted by molar-refractivity contribution is 6.14. The summed E-state index contributed by atoms with van der Waals surface area (Å²) in [6, 6.07) is 15.4. The standard InChI is InChI=1S/C24H21N3O7/c1-25-13-3-7-15(8-4-13)34-16-9-5-14(6-10-16)27-22(29)18-11-17(21(28)26-2)19(23(30)31)12-20(18)24(32)33/h3-12,25H,1-2H3,(H,26,28)(H,27,29)(H,30,31)(H,32,33). The molecule has 10 nitrogen and oxygen atoms in total. The maximum absolute atomic E-state index is 12.8. The zero-order chi connectivity index (χ0) is 24.8. The van der Waals surface area contributed by atoms with Crippen LogP contribution in [0.25, 0.3) is 0 Å². The summed E-state index contributed by atoms with van der Waals surface area (Å²) >= 11 is 0. The quantitative estimate of drug-likeness (QED) is 0.340. The van der Waals surface area contributed by atoms with E-state index in [1.807, 2.05) is 19.2 Å². The summed E-state index contributed by atoms with van der Waals surface area (Å²) in [5.41, 5.74) is -0.505. The minimum absolute atomic E-state index is 0.335. The molecule has 0 spiro atoms. The average Bonchev–Trinajstić information content (AvgIpc) is 2.84. The van der Waals surface area contributed by atoms with Gasteiger partial charge in [-0.25, -0.2) is 9.59 Å². The lowest BCUT2D eigenvalue weighted by Crippen LogP contribution is -2.24. The largest absolute Gasteiger partial charge is 0.478 e. The molecule has 0 saturated heterocycles. The van der Waals surface area contributed by atoms with Crippen LogP contribution in [-0.2, 0) is 0 Å². The molecular weight excluding hydrogens is 442 g/mol. The molecule has 0 aromatic heterocycles. The number of carboxylic acid groups (broad SMARTS) is 2. The van der Waals surface area contributed by atoms with Gasteiger partial charge >= 0.3 is 11.9 Å². The Balaban J connectivity index is 1.84.